The molecule has 7 nitrogen and oxygen atoms in total. The molecule has 0 atom stereocenters. The fraction of sp³-hybridized carbons (Fsp3) is 0.350. The van der Waals surface area contributed by atoms with Gasteiger partial charge in [-0.2, -0.15) is 18.3 Å². The van der Waals surface area contributed by atoms with Gasteiger partial charge >= 0.3 is 12.1 Å². The summed E-state index contributed by atoms with van der Waals surface area (Å²) in [6.45, 7) is 3.17. The summed E-state index contributed by atoms with van der Waals surface area (Å²) in [4.78, 5) is 18.8. The van der Waals surface area contributed by atoms with Gasteiger partial charge in [-0.05, 0) is 30.3 Å². The zero-order valence-corrected chi connectivity index (χ0v) is 16.2. The van der Waals surface area contributed by atoms with E-state index in [2.05, 4.69) is 15.0 Å². The quantitative estimate of drug-likeness (QED) is 0.451. The molecule has 1 saturated heterocycles. The number of nitrogens with zero attached hydrogens (tertiary/aromatic N) is 4. The fourth-order valence-corrected chi connectivity index (χ4v) is 3.25. The third-order valence-electron chi connectivity index (χ3n) is 4.87. The summed E-state index contributed by atoms with van der Waals surface area (Å²) in [7, 11) is 0. The van der Waals surface area contributed by atoms with Crippen LogP contribution in [0.1, 0.15) is 16.1 Å². The smallest absolute Gasteiger partial charge is 0.433 e. The highest BCUT2D eigenvalue weighted by atomic mass is 19.4. The molecule has 1 aliphatic heterocycles. The standard InChI is InChI=1S/C20H18F4N4O3/c21-14-3-1-13(2-4-14)16-11-17(20(22,23)24)28-18(26-16)15(12-25-28)19(29)31-10-7-27-5-8-30-9-6-27/h1-4,11-12H,5-10H2. The van der Waals surface area contributed by atoms with Crippen LogP contribution in [0.3, 0.4) is 0 Å². The Hall–Kier alpha value is -3.05. The number of morpholine rings is 1. The van der Waals surface area contributed by atoms with Crippen molar-refractivity contribution in [2.24, 2.45) is 0 Å². The lowest BCUT2D eigenvalue weighted by atomic mass is 10.1. The van der Waals surface area contributed by atoms with Crippen LogP contribution < -0.4 is 0 Å². The summed E-state index contributed by atoms with van der Waals surface area (Å²) in [6.07, 6.45) is -3.75. The molecule has 1 aliphatic rings. The number of ether oxygens (including phenoxy) is 2. The van der Waals surface area contributed by atoms with Crippen LogP contribution >= 0.6 is 0 Å². The number of rotatable bonds is 5. The highest BCUT2D eigenvalue weighted by molar-refractivity contribution is 5.96. The minimum Gasteiger partial charge on any atom is -0.461 e. The summed E-state index contributed by atoms with van der Waals surface area (Å²) in [5.74, 6) is -1.35. The van der Waals surface area contributed by atoms with Crippen LogP contribution in [-0.4, -0.2) is 64.9 Å². The van der Waals surface area contributed by atoms with E-state index in [9.17, 15) is 22.4 Å². The molecule has 0 N–H and O–H groups in total. The summed E-state index contributed by atoms with van der Waals surface area (Å²) in [5, 5.41) is 3.70. The molecular weight excluding hydrogens is 420 g/mol. The molecule has 3 aromatic rings. The average Bonchev–Trinajstić information content (AvgIpc) is 3.17. The lowest BCUT2D eigenvalue weighted by Gasteiger charge is -2.26. The molecule has 0 spiro atoms. The average molecular weight is 438 g/mol. The Labute approximate surface area is 174 Å². The molecule has 1 aromatic carbocycles. The molecule has 0 bridgehead atoms. The minimum atomic E-state index is -4.75. The van der Waals surface area contributed by atoms with Gasteiger partial charge in [-0.25, -0.2) is 18.7 Å². The molecule has 4 rings (SSSR count). The van der Waals surface area contributed by atoms with Gasteiger partial charge in [0.2, 0.25) is 0 Å². The van der Waals surface area contributed by atoms with E-state index in [1.807, 2.05) is 0 Å². The fourth-order valence-electron chi connectivity index (χ4n) is 3.25. The number of hydrogen-bond donors (Lipinski definition) is 0. The maximum Gasteiger partial charge on any atom is 0.433 e. The molecule has 0 amide bonds. The third kappa shape index (κ3) is 4.67. The highest BCUT2D eigenvalue weighted by Gasteiger charge is 2.36. The van der Waals surface area contributed by atoms with Crippen molar-refractivity contribution >= 4 is 11.6 Å². The van der Waals surface area contributed by atoms with Gasteiger partial charge in [0, 0.05) is 25.2 Å². The Balaban J connectivity index is 1.63. The number of halogens is 4. The molecular formula is C20H18F4N4O3. The highest BCUT2D eigenvalue weighted by Crippen LogP contribution is 2.32. The second-order valence-corrected chi connectivity index (χ2v) is 6.91. The van der Waals surface area contributed by atoms with E-state index in [0.29, 0.717) is 37.4 Å². The first-order valence-electron chi connectivity index (χ1n) is 9.52. The monoisotopic (exact) mass is 438 g/mol. The SMILES string of the molecule is O=C(OCCN1CCOCC1)c1cnn2c(C(F)(F)F)cc(-c3ccc(F)cc3)nc12. The topological polar surface area (TPSA) is 69.0 Å². The van der Waals surface area contributed by atoms with Crippen molar-refractivity contribution in [1.29, 1.82) is 0 Å². The van der Waals surface area contributed by atoms with Crippen molar-refractivity contribution in [2.45, 2.75) is 6.18 Å². The molecule has 0 aliphatic carbocycles. The summed E-state index contributed by atoms with van der Waals surface area (Å²) < 4.78 is 65.1. The largest absolute Gasteiger partial charge is 0.461 e. The van der Waals surface area contributed by atoms with Gasteiger partial charge in [0.05, 0.1) is 25.1 Å². The number of carbonyl (C=O) groups excluding carboxylic acids is 1. The Morgan fingerprint density at radius 1 is 1.16 bits per heavy atom. The number of carbonyl (C=O) groups is 1. The van der Waals surface area contributed by atoms with Crippen LogP contribution in [0.25, 0.3) is 16.9 Å². The predicted molar refractivity (Wildman–Crippen MR) is 101 cm³/mol. The van der Waals surface area contributed by atoms with E-state index in [-0.39, 0.29) is 29.1 Å². The van der Waals surface area contributed by atoms with Crippen LogP contribution in [0.2, 0.25) is 0 Å². The number of hydrogen-bond acceptors (Lipinski definition) is 6. The maximum absolute atomic E-state index is 13.6. The third-order valence-corrected chi connectivity index (χ3v) is 4.87. The second-order valence-electron chi connectivity index (χ2n) is 6.91. The van der Waals surface area contributed by atoms with Gasteiger partial charge in [0.25, 0.3) is 0 Å². The lowest BCUT2D eigenvalue weighted by Crippen LogP contribution is -2.38. The second kappa shape index (κ2) is 8.60. The normalized spacial score (nSPS) is 15.4. The number of benzene rings is 1. The Kier molecular flexibility index (Phi) is 5.88. The number of fused-ring (bicyclic) bond motifs is 1. The summed E-state index contributed by atoms with van der Waals surface area (Å²) in [6, 6.07) is 5.66. The number of aromatic nitrogens is 3. The molecule has 31 heavy (non-hydrogen) atoms. The van der Waals surface area contributed by atoms with Crippen molar-refractivity contribution in [1.82, 2.24) is 19.5 Å². The Morgan fingerprint density at radius 2 is 1.87 bits per heavy atom. The maximum atomic E-state index is 13.6. The molecule has 0 unspecified atom stereocenters. The number of alkyl halides is 3. The van der Waals surface area contributed by atoms with E-state index in [1.165, 1.54) is 12.1 Å². The first-order valence-corrected chi connectivity index (χ1v) is 9.52. The summed E-state index contributed by atoms with van der Waals surface area (Å²) >= 11 is 0. The predicted octanol–water partition coefficient (Wildman–Crippen LogP) is 3.04. The van der Waals surface area contributed by atoms with E-state index in [0.717, 1.165) is 24.4 Å². The van der Waals surface area contributed by atoms with Crippen molar-refractivity contribution in [2.75, 3.05) is 39.5 Å². The van der Waals surface area contributed by atoms with Crippen molar-refractivity contribution in [3.05, 3.63) is 53.6 Å². The van der Waals surface area contributed by atoms with E-state index >= 15 is 0 Å². The van der Waals surface area contributed by atoms with Crippen LogP contribution in [0.5, 0.6) is 0 Å². The van der Waals surface area contributed by atoms with Crippen molar-refractivity contribution < 1.29 is 31.8 Å². The van der Waals surface area contributed by atoms with Gasteiger partial charge in [-0.1, -0.05) is 0 Å². The van der Waals surface area contributed by atoms with Crippen LogP contribution in [0.4, 0.5) is 17.6 Å². The van der Waals surface area contributed by atoms with E-state index in [1.54, 1.807) is 0 Å². The van der Waals surface area contributed by atoms with Crippen LogP contribution in [0.15, 0.2) is 36.5 Å². The molecule has 0 saturated carbocycles. The van der Waals surface area contributed by atoms with Gasteiger partial charge < -0.3 is 9.47 Å². The Bertz CT molecular complexity index is 1080. The van der Waals surface area contributed by atoms with Crippen LogP contribution in [-0.2, 0) is 15.7 Å². The minimum absolute atomic E-state index is 0.0670. The molecule has 2 aromatic heterocycles. The zero-order valence-electron chi connectivity index (χ0n) is 16.2. The van der Waals surface area contributed by atoms with Crippen molar-refractivity contribution in [3.8, 4) is 11.3 Å². The van der Waals surface area contributed by atoms with Crippen LogP contribution in [0, 0.1) is 5.82 Å². The first-order chi connectivity index (χ1) is 14.8. The van der Waals surface area contributed by atoms with Gasteiger partial charge in [-0.3, -0.25) is 4.90 Å². The Morgan fingerprint density at radius 3 is 2.55 bits per heavy atom. The van der Waals surface area contributed by atoms with Gasteiger partial charge in [-0.15, -0.1) is 0 Å². The van der Waals surface area contributed by atoms with Gasteiger partial charge in [0.1, 0.15) is 18.0 Å². The summed E-state index contributed by atoms with van der Waals surface area (Å²) in [5.41, 5.74) is -1.38. The molecule has 164 valence electrons. The van der Waals surface area contributed by atoms with E-state index in [4.69, 9.17) is 9.47 Å². The molecule has 0 radical (unpaired) electrons. The van der Waals surface area contributed by atoms with Crippen molar-refractivity contribution in [3.63, 3.8) is 0 Å². The van der Waals surface area contributed by atoms with E-state index < -0.39 is 23.7 Å². The molecule has 1 fully saturated rings. The number of esters is 1. The zero-order chi connectivity index (χ0) is 22.0. The first kappa shape index (κ1) is 21.2. The van der Waals surface area contributed by atoms with Gasteiger partial charge in [0.15, 0.2) is 11.3 Å². The molecule has 11 heteroatoms. The lowest BCUT2D eigenvalue weighted by molar-refractivity contribution is -0.142. The molecule has 3 heterocycles.